The summed E-state index contributed by atoms with van der Waals surface area (Å²) in [7, 11) is 0. The molecule has 4 N–H and O–H groups in total. The predicted octanol–water partition coefficient (Wildman–Crippen LogP) is 4.58. The lowest BCUT2D eigenvalue weighted by molar-refractivity contribution is 0.191. The molecule has 2 heterocycles. The molecule has 150 valence electrons. The SMILES string of the molecule is [C-]#[N+]c1cc(C)c2nc(-c3c(NCC(O)c4cccc(Cl)c4)cc[nH]c3=O)[nH]c2c1. The number of benzene rings is 2. The Morgan fingerprint density at radius 3 is 2.90 bits per heavy atom. The van der Waals surface area contributed by atoms with Crippen LogP contribution >= 0.6 is 11.6 Å². The molecule has 0 bridgehead atoms. The van der Waals surface area contributed by atoms with Crippen molar-refractivity contribution in [2.75, 3.05) is 11.9 Å². The van der Waals surface area contributed by atoms with E-state index in [-0.39, 0.29) is 12.1 Å². The summed E-state index contributed by atoms with van der Waals surface area (Å²) in [6, 6.07) is 12.2. The Morgan fingerprint density at radius 1 is 1.30 bits per heavy atom. The van der Waals surface area contributed by atoms with Gasteiger partial charge in [0.15, 0.2) is 5.69 Å². The van der Waals surface area contributed by atoms with E-state index in [2.05, 4.69) is 25.1 Å². The first-order valence-corrected chi connectivity index (χ1v) is 9.61. The van der Waals surface area contributed by atoms with E-state index in [0.717, 1.165) is 5.56 Å². The van der Waals surface area contributed by atoms with Crippen LogP contribution in [0.1, 0.15) is 17.2 Å². The van der Waals surface area contributed by atoms with Crippen LogP contribution in [-0.2, 0) is 0 Å². The Kier molecular flexibility index (Phi) is 5.27. The van der Waals surface area contributed by atoms with E-state index in [0.29, 0.717) is 44.4 Å². The number of pyridine rings is 1. The van der Waals surface area contributed by atoms with Crippen LogP contribution in [0.25, 0.3) is 27.3 Å². The highest BCUT2D eigenvalue weighted by Crippen LogP contribution is 2.29. The van der Waals surface area contributed by atoms with Crippen LogP contribution < -0.4 is 10.9 Å². The van der Waals surface area contributed by atoms with Crippen molar-refractivity contribution in [3.63, 3.8) is 0 Å². The second-order valence-electron chi connectivity index (χ2n) is 6.90. The number of nitrogens with one attached hydrogen (secondary N) is 3. The van der Waals surface area contributed by atoms with Gasteiger partial charge in [-0.1, -0.05) is 29.8 Å². The summed E-state index contributed by atoms with van der Waals surface area (Å²) in [6.45, 7) is 9.28. The van der Waals surface area contributed by atoms with E-state index in [1.807, 2.05) is 6.92 Å². The van der Waals surface area contributed by atoms with E-state index in [1.165, 1.54) is 6.20 Å². The first-order valence-electron chi connectivity index (χ1n) is 9.23. The molecular weight excluding hydrogens is 402 g/mol. The molecule has 4 aromatic rings. The van der Waals surface area contributed by atoms with Crippen molar-refractivity contribution in [3.05, 3.63) is 86.6 Å². The molecule has 2 aromatic carbocycles. The van der Waals surface area contributed by atoms with Gasteiger partial charge in [-0.2, -0.15) is 0 Å². The maximum Gasteiger partial charge on any atom is 0.261 e. The number of H-pyrrole nitrogens is 2. The standard InChI is InChI=1S/C22H18ClN5O2/c1-12-8-15(24-2)10-17-20(12)28-21(27-17)19-16(6-7-25-22(19)30)26-11-18(29)13-4-3-5-14(23)9-13/h3-10,18,29H,11H2,1H3,(H,27,28)(H2,25,26,30). The van der Waals surface area contributed by atoms with Gasteiger partial charge in [0, 0.05) is 17.8 Å². The van der Waals surface area contributed by atoms with Crippen LogP contribution in [0.5, 0.6) is 0 Å². The summed E-state index contributed by atoms with van der Waals surface area (Å²) in [5.74, 6) is 0.386. The molecule has 7 nitrogen and oxygen atoms in total. The molecule has 0 radical (unpaired) electrons. The number of halogens is 1. The summed E-state index contributed by atoms with van der Waals surface area (Å²) in [5, 5.41) is 14.2. The second-order valence-corrected chi connectivity index (χ2v) is 7.34. The number of aliphatic hydroxyl groups is 1. The smallest absolute Gasteiger partial charge is 0.261 e. The van der Waals surface area contributed by atoms with Gasteiger partial charge in [0.05, 0.1) is 29.4 Å². The normalized spacial score (nSPS) is 11.9. The number of hydrogen-bond donors (Lipinski definition) is 4. The Bertz CT molecular complexity index is 1340. The minimum atomic E-state index is -0.810. The molecule has 0 amide bonds. The van der Waals surface area contributed by atoms with Crippen LogP contribution in [0.2, 0.25) is 5.02 Å². The molecule has 2 aromatic heterocycles. The third-order valence-electron chi connectivity index (χ3n) is 4.81. The van der Waals surface area contributed by atoms with Crippen molar-refractivity contribution in [3.8, 4) is 11.4 Å². The molecule has 0 aliphatic heterocycles. The van der Waals surface area contributed by atoms with Crippen LogP contribution in [0, 0.1) is 13.5 Å². The highest BCUT2D eigenvalue weighted by atomic mass is 35.5. The molecule has 0 spiro atoms. The molecule has 1 unspecified atom stereocenters. The zero-order valence-electron chi connectivity index (χ0n) is 16.0. The first kappa shape index (κ1) is 19.7. The van der Waals surface area contributed by atoms with E-state index in [9.17, 15) is 9.90 Å². The zero-order chi connectivity index (χ0) is 21.3. The Labute approximate surface area is 177 Å². The fourth-order valence-electron chi connectivity index (χ4n) is 3.35. The van der Waals surface area contributed by atoms with Crippen LogP contribution in [0.15, 0.2) is 53.5 Å². The molecule has 0 fully saturated rings. The molecule has 8 heteroatoms. The highest BCUT2D eigenvalue weighted by molar-refractivity contribution is 6.30. The number of imidazole rings is 1. The molecule has 0 aliphatic carbocycles. The minimum absolute atomic E-state index is 0.178. The van der Waals surface area contributed by atoms with Crippen LogP contribution in [0.3, 0.4) is 0 Å². The maximum absolute atomic E-state index is 12.6. The number of aromatic nitrogens is 3. The largest absolute Gasteiger partial charge is 0.387 e. The Balaban J connectivity index is 1.69. The number of fused-ring (bicyclic) bond motifs is 1. The highest BCUT2D eigenvalue weighted by Gasteiger charge is 2.17. The molecule has 4 rings (SSSR count). The molecular formula is C22H18ClN5O2. The first-order chi connectivity index (χ1) is 14.5. The van der Waals surface area contributed by atoms with Gasteiger partial charge in [-0.3, -0.25) is 4.79 Å². The topological polar surface area (TPSA) is 98.2 Å². The van der Waals surface area contributed by atoms with Crippen molar-refractivity contribution in [1.29, 1.82) is 0 Å². The van der Waals surface area contributed by atoms with E-state index >= 15 is 0 Å². The maximum atomic E-state index is 12.6. The zero-order valence-corrected chi connectivity index (χ0v) is 16.8. The number of aryl methyl sites for hydroxylation is 1. The summed E-state index contributed by atoms with van der Waals surface area (Å²) in [5.41, 5.74) is 3.94. The number of nitrogens with zero attached hydrogens (tertiary/aromatic N) is 2. The number of hydrogen-bond acceptors (Lipinski definition) is 4. The number of rotatable bonds is 5. The van der Waals surface area contributed by atoms with Crippen molar-refractivity contribution in [2.45, 2.75) is 13.0 Å². The van der Waals surface area contributed by atoms with Gasteiger partial charge < -0.3 is 20.4 Å². The van der Waals surface area contributed by atoms with E-state index < -0.39 is 6.10 Å². The van der Waals surface area contributed by atoms with Gasteiger partial charge in [0.1, 0.15) is 11.4 Å². The number of anilines is 1. The molecule has 0 saturated heterocycles. The van der Waals surface area contributed by atoms with Gasteiger partial charge in [-0.25, -0.2) is 9.83 Å². The third-order valence-corrected chi connectivity index (χ3v) is 5.04. The average Bonchev–Trinajstić information content (AvgIpc) is 3.16. The number of aromatic amines is 2. The van der Waals surface area contributed by atoms with Crippen molar-refractivity contribution in [1.82, 2.24) is 15.0 Å². The fourth-order valence-corrected chi connectivity index (χ4v) is 3.55. The van der Waals surface area contributed by atoms with Gasteiger partial charge >= 0.3 is 0 Å². The second kappa shape index (κ2) is 8.03. The molecule has 0 aliphatic rings. The van der Waals surface area contributed by atoms with E-state index in [1.54, 1.807) is 42.5 Å². The molecule has 0 saturated carbocycles. The molecule has 30 heavy (non-hydrogen) atoms. The van der Waals surface area contributed by atoms with E-state index in [4.69, 9.17) is 18.2 Å². The van der Waals surface area contributed by atoms with Gasteiger partial charge in [-0.05, 0) is 42.3 Å². The van der Waals surface area contributed by atoms with Crippen molar-refractivity contribution in [2.24, 2.45) is 0 Å². The quantitative estimate of drug-likeness (QED) is 0.356. The van der Waals surface area contributed by atoms with Crippen molar-refractivity contribution >= 4 is 34.0 Å². The van der Waals surface area contributed by atoms with Crippen molar-refractivity contribution < 1.29 is 5.11 Å². The molecule has 1 atom stereocenters. The van der Waals surface area contributed by atoms with Gasteiger partial charge in [0.25, 0.3) is 5.56 Å². The summed E-state index contributed by atoms with van der Waals surface area (Å²) in [6.07, 6.45) is 0.722. The van der Waals surface area contributed by atoms with Crippen LogP contribution in [-0.4, -0.2) is 26.6 Å². The summed E-state index contributed by atoms with van der Waals surface area (Å²) in [4.78, 5) is 26.4. The predicted molar refractivity (Wildman–Crippen MR) is 118 cm³/mol. The van der Waals surface area contributed by atoms with Crippen LogP contribution in [0.4, 0.5) is 11.4 Å². The van der Waals surface area contributed by atoms with Gasteiger partial charge in [-0.15, -0.1) is 0 Å². The lowest BCUT2D eigenvalue weighted by atomic mass is 10.1. The van der Waals surface area contributed by atoms with Gasteiger partial charge in [0.2, 0.25) is 0 Å². The average molecular weight is 420 g/mol. The summed E-state index contributed by atoms with van der Waals surface area (Å²) >= 11 is 6.00. The Morgan fingerprint density at radius 2 is 2.13 bits per heavy atom. The third kappa shape index (κ3) is 3.79. The summed E-state index contributed by atoms with van der Waals surface area (Å²) < 4.78 is 0. The monoisotopic (exact) mass is 419 g/mol. The lowest BCUT2D eigenvalue weighted by Gasteiger charge is -2.15. The minimum Gasteiger partial charge on any atom is -0.387 e. The fraction of sp³-hybridized carbons (Fsp3) is 0.136. The Hall–Kier alpha value is -3.60. The lowest BCUT2D eigenvalue weighted by Crippen LogP contribution is -2.17. The number of aliphatic hydroxyl groups excluding tert-OH is 1.